The minimum absolute atomic E-state index is 0.00213. The summed E-state index contributed by atoms with van der Waals surface area (Å²) in [6.07, 6.45) is -4.68. The Bertz CT molecular complexity index is 830. The predicted octanol–water partition coefficient (Wildman–Crippen LogP) is 3.01. The molecule has 0 saturated heterocycles. The lowest BCUT2D eigenvalue weighted by atomic mass is 10.2. The van der Waals surface area contributed by atoms with E-state index in [1.807, 2.05) is 6.07 Å². The standard InChI is InChI=1S/C15H13F4N5OS/c1-23-13(15(17,18)19)21-22-14(23)26-9-12(25)24(8-4-7-20)11-6-3-2-5-10(11)16/h2-3,5-6H,4,8-9H2,1H3. The van der Waals surface area contributed by atoms with E-state index in [9.17, 15) is 22.4 Å². The van der Waals surface area contributed by atoms with Crippen molar-refractivity contribution in [2.24, 2.45) is 7.05 Å². The second-order valence-corrected chi connectivity index (χ2v) is 6.00. The first-order chi connectivity index (χ1) is 12.3. The highest BCUT2D eigenvalue weighted by molar-refractivity contribution is 7.99. The van der Waals surface area contributed by atoms with Crippen molar-refractivity contribution in [2.45, 2.75) is 17.8 Å². The molecule has 2 aromatic rings. The summed E-state index contributed by atoms with van der Waals surface area (Å²) in [7, 11) is 1.14. The number of rotatable bonds is 6. The summed E-state index contributed by atoms with van der Waals surface area (Å²) in [6, 6.07) is 7.43. The minimum atomic E-state index is -4.66. The lowest BCUT2D eigenvalue weighted by molar-refractivity contribution is -0.147. The zero-order valence-corrected chi connectivity index (χ0v) is 14.3. The number of carbonyl (C=O) groups is 1. The quantitative estimate of drug-likeness (QED) is 0.563. The average Bonchev–Trinajstić information content (AvgIpc) is 2.95. The molecular weight excluding hydrogens is 374 g/mol. The van der Waals surface area contributed by atoms with E-state index < -0.39 is 23.7 Å². The van der Waals surface area contributed by atoms with Crippen molar-refractivity contribution >= 4 is 23.4 Å². The second-order valence-electron chi connectivity index (χ2n) is 5.06. The maximum atomic E-state index is 14.0. The fourth-order valence-corrected chi connectivity index (χ4v) is 2.89. The first-order valence-electron chi connectivity index (χ1n) is 7.27. The lowest BCUT2D eigenvalue weighted by Gasteiger charge is -2.22. The van der Waals surface area contributed by atoms with Gasteiger partial charge in [0.2, 0.25) is 11.7 Å². The van der Waals surface area contributed by atoms with Gasteiger partial charge < -0.3 is 9.47 Å². The minimum Gasteiger partial charge on any atom is -0.308 e. The molecule has 11 heteroatoms. The van der Waals surface area contributed by atoms with Crippen LogP contribution in [0.15, 0.2) is 29.4 Å². The number of hydrogen-bond acceptors (Lipinski definition) is 5. The number of nitrogens with zero attached hydrogens (tertiary/aromatic N) is 5. The van der Waals surface area contributed by atoms with Crippen LogP contribution in [0.3, 0.4) is 0 Å². The zero-order chi connectivity index (χ0) is 19.3. The van der Waals surface area contributed by atoms with Gasteiger partial charge >= 0.3 is 6.18 Å². The summed E-state index contributed by atoms with van der Waals surface area (Å²) in [6.45, 7) is -0.0383. The van der Waals surface area contributed by atoms with Crippen LogP contribution in [0, 0.1) is 17.1 Å². The molecule has 0 fully saturated rings. The monoisotopic (exact) mass is 387 g/mol. The molecule has 1 aromatic carbocycles. The maximum Gasteiger partial charge on any atom is 0.451 e. The van der Waals surface area contributed by atoms with Crippen LogP contribution >= 0.6 is 11.8 Å². The van der Waals surface area contributed by atoms with Crippen LogP contribution in [-0.4, -0.2) is 33.0 Å². The van der Waals surface area contributed by atoms with Gasteiger partial charge in [-0.1, -0.05) is 23.9 Å². The van der Waals surface area contributed by atoms with Crippen LogP contribution in [0.2, 0.25) is 0 Å². The molecule has 0 atom stereocenters. The van der Waals surface area contributed by atoms with Crippen molar-refractivity contribution in [1.29, 1.82) is 5.26 Å². The smallest absolute Gasteiger partial charge is 0.308 e. The Balaban J connectivity index is 2.15. The van der Waals surface area contributed by atoms with Gasteiger partial charge in [0.05, 0.1) is 23.9 Å². The Morgan fingerprint density at radius 2 is 2.04 bits per heavy atom. The molecule has 0 aliphatic rings. The molecular formula is C15H13F4N5OS. The third-order valence-electron chi connectivity index (χ3n) is 3.30. The summed E-state index contributed by atoms with van der Waals surface area (Å²) in [5.41, 5.74) is 0.00213. The SMILES string of the molecule is Cn1c(SCC(=O)N(CCC#N)c2ccccc2F)nnc1C(F)(F)F. The lowest BCUT2D eigenvalue weighted by Crippen LogP contribution is -2.34. The summed E-state index contributed by atoms with van der Waals surface area (Å²) in [5, 5.41) is 15.1. The van der Waals surface area contributed by atoms with Crippen molar-refractivity contribution in [3.05, 3.63) is 35.9 Å². The topological polar surface area (TPSA) is 74.8 Å². The van der Waals surface area contributed by atoms with Gasteiger partial charge in [0.25, 0.3) is 0 Å². The largest absolute Gasteiger partial charge is 0.451 e. The molecule has 2 rings (SSSR count). The van der Waals surface area contributed by atoms with Crippen molar-refractivity contribution in [3.63, 3.8) is 0 Å². The second kappa shape index (κ2) is 8.18. The Labute approximate surface area is 150 Å². The molecule has 0 aliphatic heterocycles. The molecule has 1 heterocycles. The summed E-state index contributed by atoms with van der Waals surface area (Å²) in [5.74, 6) is -2.67. The molecule has 0 aliphatic carbocycles. The van der Waals surface area contributed by atoms with Crippen LogP contribution in [0.5, 0.6) is 0 Å². The number of nitriles is 1. The molecule has 0 radical (unpaired) electrons. The number of benzene rings is 1. The number of aromatic nitrogens is 3. The predicted molar refractivity (Wildman–Crippen MR) is 85.7 cm³/mol. The Kier molecular flexibility index (Phi) is 6.20. The van der Waals surface area contributed by atoms with Crippen molar-refractivity contribution in [2.75, 3.05) is 17.2 Å². The molecule has 138 valence electrons. The van der Waals surface area contributed by atoms with Gasteiger partial charge in [0.15, 0.2) is 5.16 Å². The zero-order valence-electron chi connectivity index (χ0n) is 13.5. The van der Waals surface area contributed by atoms with Gasteiger partial charge in [-0.2, -0.15) is 18.4 Å². The Hall–Kier alpha value is -2.61. The molecule has 26 heavy (non-hydrogen) atoms. The van der Waals surface area contributed by atoms with E-state index >= 15 is 0 Å². The van der Waals surface area contributed by atoms with Crippen LogP contribution < -0.4 is 4.90 Å². The van der Waals surface area contributed by atoms with Gasteiger partial charge in [0.1, 0.15) is 5.82 Å². The van der Waals surface area contributed by atoms with Gasteiger partial charge in [-0.05, 0) is 12.1 Å². The molecule has 0 saturated carbocycles. The first-order valence-corrected chi connectivity index (χ1v) is 8.25. The van der Waals surface area contributed by atoms with Crippen LogP contribution in [-0.2, 0) is 18.0 Å². The molecule has 0 bridgehead atoms. The highest BCUT2D eigenvalue weighted by Crippen LogP contribution is 2.30. The van der Waals surface area contributed by atoms with E-state index in [1.165, 1.54) is 24.3 Å². The van der Waals surface area contributed by atoms with Crippen LogP contribution in [0.1, 0.15) is 12.2 Å². The first kappa shape index (κ1) is 19.7. The molecule has 0 unspecified atom stereocenters. The number of thioether (sulfide) groups is 1. The Morgan fingerprint density at radius 3 is 2.62 bits per heavy atom. The van der Waals surface area contributed by atoms with E-state index in [1.54, 1.807) is 0 Å². The maximum absolute atomic E-state index is 14.0. The number of hydrogen-bond donors (Lipinski definition) is 0. The fraction of sp³-hybridized carbons (Fsp3) is 0.333. The molecule has 0 N–H and O–H groups in total. The highest BCUT2D eigenvalue weighted by atomic mass is 32.2. The van der Waals surface area contributed by atoms with Gasteiger partial charge in [0, 0.05) is 13.6 Å². The molecule has 0 spiro atoms. The van der Waals surface area contributed by atoms with Gasteiger partial charge in [-0.15, -0.1) is 10.2 Å². The average molecular weight is 387 g/mol. The third kappa shape index (κ3) is 4.51. The number of para-hydroxylation sites is 1. The van der Waals surface area contributed by atoms with Gasteiger partial charge in [-0.25, -0.2) is 4.39 Å². The van der Waals surface area contributed by atoms with E-state index in [2.05, 4.69) is 10.2 Å². The van der Waals surface area contributed by atoms with Gasteiger partial charge in [-0.3, -0.25) is 4.79 Å². The molecule has 6 nitrogen and oxygen atoms in total. The number of amides is 1. The van der Waals surface area contributed by atoms with E-state index in [0.717, 1.165) is 28.3 Å². The fourth-order valence-electron chi connectivity index (χ4n) is 2.10. The van der Waals surface area contributed by atoms with E-state index in [4.69, 9.17) is 5.26 Å². The third-order valence-corrected chi connectivity index (χ3v) is 4.31. The summed E-state index contributed by atoms with van der Waals surface area (Å²) in [4.78, 5) is 13.5. The van der Waals surface area contributed by atoms with Crippen molar-refractivity contribution in [1.82, 2.24) is 14.8 Å². The molecule has 1 aromatic heterocycles. The number of anilines is 1. The van der Waals surface area contributed by atoms with Crippen molar-refractivity contribution < 1.29 is 22.4 Å². The summed E-state index contributed by atoms with van der Waals surface area (Å²) < 4.78 is 52.8. The van der Waals surface area contributed by atoms with E-state index in [0.29, 0.717) is 0 Å². The number of halogens is 4. The molecule has 1 amide bonds. The highest BCUT2D eigenvalue weighted by Gasteiger charge is 2.37. The van der Waals surface area contributed by atoms with E-state index in [-0.39, 0.29) is 29.6 Å². The van der Waals surface area contributed by atoms with Crippen LogP contribution in [0.25, 0.3) is 0 Å². The summed E-state index contributed by atoms with van der Waals surface area (Å²) >= 11 is 0.747. The Morgan fingerprint density at radius 1 is 1.35 bits per heavy atom. The van der Waals surface area contributed by atoms with Crippen LogP contribution in [0.4, 0.5) is 23.2 Å². The van der Waals surface area contributed by atoms with Crippen molar-refractivity contribution in [3.8, 4) is 6.07 Å². The normalized spacial score (nSPS) is 11.2. The number of carbonyl (C=O) groups excluding carboxylic acids is 1. The number of alkyl halides is 3.